The molecule has 206 valence electrons. The van der Waals surface area contributed by atoms with E-state index in [2.05, 4.69) is 33.2 Å². The summed E-state index contributed by atoms with van der Waals surface area (Å²) in [5, 5.41) is 11.1. The first-order valence-electron chi connectivity index (χ1n) is 13.0. The Labute approximate surface area is 239 Å². The Morgan fingerprint density at radius 1 is 1.16 bits per heavy atom. The van der Waals surface area contributed by atoms with Crippen LogP contribution < -0.4 is 0 Å². The molecule has 2 heterocycles. The van der Waals surface area contributed by atoms with E-state index in [-0.39, 0.29) is 40.8 Å². The molecule has 1 aliphatic heterocycles. The summed E-state index contributed by atoms with van der Waals surface area (Å²) >= 11 is 4.69. The number of thiophene rings is 1. The number of carbonyl (C=O) groups is 2. The topological polar surface area (TPSA) is 79.2 Å². The molecular weight excluding hydrogens is 564 g/mol. The number of halogens is 1. The molecule has 8 heteroatoms. The number of amidine groups is 1. The molecule has 6 nitrogen and oxygen atoms in total. The number of carbonyl (C=O) groups excluding carboxylic acids is 2. The average Bonchev–Trinajstić information content (AvgIpc) is 3.42. The Kier molecular flexibility index (Phi) is 9.30. The summed E-state index contributed by atoms with van der Waals surface area (Å²) in [5.74, 6) is 0.839. The van der Waals surface area contributed by atoms with Gasteiger partial charge in [-0.25, -0.2) is 4.79 Å². The third kappa shape index (κ3) is 6.57. The van der Waals surface area contributed by atoms with E-state index in [1.165, 1.54) is 18.4 Å². The van der Waals surface area contributed by atoms with Crippen LogP contribution in [0.4, 0.5) is 0 Å². The number of rotatable bonds is 7. The second-order valence-electron chi connectivity index (χ2n) is 11.9. The normalized spacial score (nSPS) is 18.4. The molecule has 1 N–H and O–H groups in total. The van der Waals surface area contributed by atoms with Crippen LogP contribution in [-0.4, -0.2) is 47.8 Å². The lowest BCUT2D eigenvalue weighted by molar-refractivity contribution is 0.0606. The maximum atomic E-state index is 13.7. The number of likely N-dealkylation sites (tertiary alicyclic amines) is 1. The van der Waals surface area contributed by atoms with Crippen molar-refractivity contribution in [2.24, 2.45) is 9.94 Å². The van der Waals surface area contributed by atoms with Gasteiger partial charge in [0.1, 0.15) is 16.5 Å². The van der Waals surface area contributed by atoms with Crippen molar-refractivity contribution in [3.05, 3.63) is 56.3 Å². The minimum Gasteiger partial charge on any atom is -0.507 e. The van der Waals surface area contributed by atoms with Gasteiger partial charge < -0.3 is 14.7 Å². The Bertz CT molecular complexity index is 1230. The van der Waals surface area contributed by atoms with Crippen molar-refractivity contribution < 1.29 is 19.4 Å². The fraction of sp³-hybridized carbons (Fsp3) is 0.500. The van der Waals surface area contributed by atoms with Crippen LogP contribution in [0.3, 0.4) is 0 Å². The van der Waals surface area contributed by atoms with E-state index in [4.69, 9.17) is 4.74 Å². The van der Waals surface area contributed by atoms with Crippen molar-refractivity contribution >= 4 is 51.1 Å². The molecule has 1 aromatic heterocycles. The Morgan fingerprint density at radius 3 is 2.26 bits per heavy atom. The zero-order valence-electron chi connectivity index (χ0n) is 23.6. The van der Waals surface area contributed by atoms with Crippen LogP contribution in [0.5, 0.6) is 5.75 Å². The molecule has 2 aromatic rings. The number of hydrogen-bond acceptors (Lipinski definition) is 6. The van der Waals surface area contributed by atoms with Gasteiger partial charge in [0.25, 0.3) is 0 Å². The van der Waals surface area contributed by atoms with Gasteiger partial charge in [0.15, 0.2) is 5.78 Å². The molecule has 0 radical (unpaired) electrons. The number of phenolic OH excluding ortho intramolecular Hbond substituents is 1. The molecule has 1 fully saturated rings. The van der Waals surface area contributed by atoms with E-state index in [9.17, 15) is 14.7 Å². The zero-order chi connectivity index (χ0) is 28.4. The first-order valence-corrected chi connectivity index (χ1v) is 14.5. The predicted octanol–water partition coefficient (Wildman–Crippen LogP) is 7.54. The number of phenols is 1. The maximum absolute atomic E-state index is 13.7. The first kappa shape index (κ1) is 30.1. The molecular formula is C30H39BrN2O4S. The first-order chi connectivity index (χ1) is 17.7. The maximum Gasteiger partial charge on any atom is 0.348 e. The monoisotopic (exact) mass is 602 g/mol. The van der Waals surface area contributed by atoms with E-state index in [1.807, 2.05) is 64.6 Å². The van der Waals surface area contributed by atoms with E-state index in [0.29, 0.717) is 17.0 Å². The Hall–Kier alpha value is -2.45. The quantitative estimate of drug-likeness (QED) is 0.261. The fourth-order valence-electron chi connectivity index (χ4n) is 4.83. The largest absolute Gasteiger partial charge is 0.507 e. The summed E-state index contributed by atoms with van der Waals surface area (Å²) in [7, 11) is 1.38. The lowest BCUT2D eigenvalue weighted by atomic mass is 9.78. The zero-order valence-corrected chi connectivity index (χ0v) is 26.0. The fourth-order valence-corrected chi connectivity index (χ4v) is 6.14. The summed E-state index contributed by atoms with van der Waals surface area (Å²) in [6.45, 7) is 15.3. The molecule has 0 spiro atoms. The van der Waals surface area contributed by atoms with E-state index in [0.717, 1.165) is 40.3 Å². The number of Topliss-reactive ketones (excluding diaryl/α,β-unsaturated/α-hetero) is 1. The minimum absolute atomic E-state index is 0.0183. The highest BCUT2D eigenvalue weighted by molar-refractivity contribution is 9.08. The number of hydrogen-bond donors (Lipinski definition) is 1. The SMILES string of the molecule is CCCC1CN(CC(=O)c2cc(C(C)(C)C)c(O)c(C(C)(C)C)c2)C(=NBr)/C1=C/c1ccc(C(=O)OC)s1. The van der Waals surface area contributed by atoms with Crippen molar-refractivity contribution in [1.82, 2.24) is 4.90 Å². The molecule has 0 bridgehead atoms. The highest BCUT2D eigenvalue weighted by atomic mass is 79.9. The smallest absolute Gasteiger partial charge is 0.348 e. The molecule has 1 aromatic carbocycles. The number of esters is 1. The van der Waals surface area contributed by atoms with Crippen LogP contribution in [0.15, 0.2) is 33.9 Å². The second-order valence-corrected chi connectivity index (χ2v) is 13.4. The number of methoxy groups -OCH3 is 1. The predicted molar refractivity (Wildman–Crippen MR) is 160 cm³/mol. The van der Waals surface area contributed by atoms with Gasteiger partial charge in [-0.15, -0.1) is 11.3 Å². The lowest BCUT2D eigenvalue weighted by Gasteiger charge is -2.28. The number of ketones is 1. The van der Waals surface area contributed by atoms with Crippen molar-refractivity contribution in [2.45, 2.75) is 72.1 Å². The molecule has 0 amide bonds. The number of benzene rings is 1. The molecule has 1 atom stereocenters. The Morgan fingerprint density at radius 2 is 1.76 bits per heavy atom. The van der Waals surface area contributed by atoms with Gasteiger partial charge in [-0.3, -0.25) is 4.79 Å². The van der Waals surface area contributed by atoms with Crippen molar-refractivity contribution in [2.75, 3.05) is 20.2 Å². The average molecular weight is 604 g/mol. The molecule has 1 saturated heterocycles. The summed E-state index contributed by atoms with van der Waals surface area (Å²) in [6, 6.07) is 7.36. The van der Waals surface area contributed by atoms with Gasteiger partial charge in [-0.05, 0) is 47.6 Å². The summed E-state index contributed by atoms with van der Waals surface area (Å²) in [5.41, 5.74) is 2.55. The van der Waals surface area contributed by atoms with Crippen LogP contribution in [-0.2, 0) is 15.6 Å². The molecule has 1 aliphatic rings. The van der Waals surface area contributed by atoms with Gasteiger partial charge in [0.2, 0.25) is 0 Å². The van der Waals surface area contributed by atoms with Crippen molar-refractivity contribution in [1.29, 1.82) is 0 Å². The van der Waals surface area contributed by atoms with Gasteiger partial charge in [-0.1, -0.05) is 54.9 Å². The Balaban J connectivity index is 1.97. The highest BCUT2D eigenvalue weighted by Gasteiger charge is 2.35. The lowest BCUT2D eigenvalue weighted by Crippen LogP contribution is -2.32. The molecule has 0 aliphatic carbocycles. The van der Waals surface area contributed by atoms with Gasteiger partial charge in [-0.2, -0.15) is 4.02 Å². The van der Waals surface area contributed by atoms with E-state index >= 15 is 0 Å². The number of ether oxygens (including phenoxy) is 1. The number of nitrogens with zero attached hydrogens (tertiary/aromatic N) is 2. The van der Waals surface area contributed by atoms with Gasteiger partial charge >= 0.3 is 5.97 Å². The van der Waals surface area contributed by atoms with E-state index in [1.54, 1.807) is 6.07 Å². The second kappa shape index (κ2) is 11.7. The molecule has 0 saturated carbocycles. The van der Waals surface area contributed by atoms with Crippen molar-refractivity contribution in [3.63, 3.8) is 0 Å². The third-order valence-electron chi connectivity index (χ3n) is 6.85. The minimum atomic E-state index is -0.351. The van der Waals surface area contributed by atoms with Crippen LogP contribution in [0, 0.1) is 5.92 Å². The molecule has 38 heavy (non-hydrogen) atoms. The summed E-state index contributed by atoms with van der Waals surface area (Å²) in [6.07, 6.45) is 4.02. The molecule has 1 unspecified atom stereocenters. The summed E-state index contributed by atoms with van der Waals surface area (Å²) < 4.78 is 9.27. The van der Waals surface area contributed by atoms with Crippen molar-refractivity contribution in [3.8, 4) is 5.75 Å². The van der Waals surface area contributed by atoms with Gasteiger partial charge in [0, 0.05) is 39.6 Å². The van der Waals surface area contributed by atoms with Gasteiger partial charge in [0.05, 0.1) is 29.8 Å². The summed E-state index contributed by atoms with van der Waals surface area (Å²) in [4.78, 5) is 29.1. The standard InChI is InChI=1S/C30H39BrN2O4S/c1-9-10-18-16-33(27(32-31)21(18)15-20-11-12-25(38-20)28(36)37-8)17-24(34)19-13-22(29(2,3)4)26(35)23(14-19)30(5,6)7/h11-15,18,35H,9-10,16-17H2,1-8H3/b21-15+,32-27?. The number of aromatic hydroxyl groups is 1. The van der Waals surface area contributed by atoms with E-state index < -0.39 is 0 Å². The van der Waals surface area contributed by atoms with Crippen LogP contribution >= 0.6 is 27.5 Å². The van der Waals surface area contributed by atoms with Crippen LogP contribution in [0.1, 0.15) is 97.3 Å². The van der Waals surface area contributed by atoms with Crippen LogP contribution in [0.25, 0.3) is 6.08 Å². The third-order valence-corrected chi connectivity index (χ3v) is 8.20. The van der Waals surface area contributed by atoms with Crippen LogP contribution in [0.2, 0.25) is 0 Å². The molecule has 3 rings (SSSR count). The highest BCUT2D eigenvalue weighted by Crippen LogP contribution is 2.40.